The van der Waals surface area contributed by atoms with E-state index in [-0.39, 0.29) is 11.8 Å². The predicted molar refractivity (Wildman–Crippen MR) is 123 cm³/mol. The summed E-state index contributed by atoms with van der Waals surface area (Å²) in [6.07, 6.45) is 0.827. The normalized spacial score (nSPS) is 18.9. The van der Waals surface area contributed by atoms with Gasteiger partial charge in [0.25, 0.3) is 0 Å². The molecule has 0 amide bonds. The summed E-state index contributed by atoms with van der Waals surface area (Å²) < 4.78 is 14.4. The summed E-state index contributed by atoms with van der Waals surface area (Å²) in [6.45, 7) is 4.98. The Morgan fingerprint density at radius 2 is 2.06 bits per heavy atom. The zero-order valence-electron chi connectivity index (χ0n) is 18.2. The van der Waals surface area contributed by atoms with Gasteiger partial charge in [0.1, 0.15) is 23.5 Å². The lowest BCUT2D eigenvalue weighted by atomic mass is 10.0. The lowest BCUT2D eigenvalue weighted by Gasteiger charge is -2.34. The molecule has 0 bridgehead atoms. The Balaban J connectivity index is 1.52. The lowest BCUT2D eigenvalue weighted by Crippen LogP contribution is -2.40. The molecule has 172 valence electrons. The van der Waals surface area contributed by atoms with Gasteiger partial charge in [-0.2, -0.15) is 8.75 Å². The number of hydrogen-bond acceptors (Lipinski definition) is 10. The van der Waals surface area contributed by atoms with Crippen LogP contribution in [-0.2, 0) is 0 Å². The second kappa shape index (κ2) is 9.86. The SMILES string of the molecule is CCC(Nc1nsnc1Nc1cccc(C(O)N2CCCC(O)C2)c1O)c1ccc(C)o1. The van der Waals surface area contributed by atoms with Crippen molar-refractivity contribution in [2.24, 2.45) is 0 Å². The topological polar surface area (TPSA) is 127 Å². The molecule has 3 heterocycles. The van der Waals surface area contributed by atoms with Gasteiger partial charge in [-0.05, 0) is 44.4 Å². The second-order valence-electron chi connectivity index (χ2n) is 8.05. The number of rotatable bonds is 8. The number of para-hydroxylation sites is 1. The van der Waals surface area contributed by atoms with Crippen molar-refractivity contribution in [1.82, 2.24) is 13.6 Å². The Morgan fingerprint density at radius 1 is 1.25 bits per heavy atom. The first-order chi connectivity index (χ1) is 15.5. The van der Waals surface area contributed by atoms with E-state index >= 15 is 0 Å². The number of furan rings is 1. The molecule has 4 rings (SSSR count). The van der Waals surface area contributed by atoms with Gasteiger partial charge in [0.05, 0.1) is 29.6 Å². The van der Waals surface area contributed by atoms with Crippen LogP contribution in [0.1, 0.15) is 55.5 Å². The molecule has 0 aliphatic carbocycles. The molecule has 32 heavy (non-hydrogen) atoms. The smallest absolute Gasteiger partial charge is 0.188 e. The number of aryl methyl sites for hydroxylation is 1. The zero-order chi connectivity index (χ0) is 22.7. The molecule has 1 aliphatic rings. The van der Waals surface area contributed by atoms with Crippen LogP contribution in [0.25, 0.3) is 0 Å². The molecule has 0 saturated carbocycles. The minimum absolute atomic E-state index is 0.0623. The van der Waals surface area contributed by atoms with Crippen LogP contribution in [0.15, 0.2) is 34.7 Å². The average molecular weight is 460 g/mol. The molecule has 3 aromatic rings. The predicted octanol–water partition coefficient (Wildman–Crippen LogP) is 3.90. The van der Waals surface area contributed by atoms with Crippen LogP contribution >= 0.6 is 11.7 Å². The maximum Gasteiger partial charge on any atom is 0.188 e. The van der Waals surface area contributed by atoms with Crippen LogP contribution in [0.5, 0.6) is 5.75 Å². The van der Waals surface area contributed by atoms with E-state index in [0.717, 1.165) is 42.5 Å². The van der Waals surface area contributed by atoms with Crippen LogP contribution < -0.4 is 10.6 Å². The summed E-state index contributed by atoms with van der Waals surface area (Å²) in [5.74, 6) is 2.64. The highest BCUT2D eigenvalue weighted by Crippen LogP contribution is 2.37. The molecular formula is C22H29N5O4S. The van der Waals surface area contributed by atoms with E-state index in [4.69, 9.17) is 4.42 Å². The van der Waals surface area contributed by atoms with Crippen molar-refractivity contribution >= 4 is 29.1 Å². The van der Waals surface area contributed by atoms with Crippen LogP contribution in [0.3, 0.4) is 0 Å². The van der Waals surface area contributed by atoms with E-state index in [1.54, 1.807) is 23.1 Å². The number of phenolic OH excluding ortho intramolecular Hbond substituents is 1. The maximum absolute atomic E-state index is 10.9. The number of aliphatic hydroxyl groups is 2. The van der Waals surface area contributed by atoms with Crippen molar-refractivity contribution in [3.8, 4) is 5.75 Å². The van der Waals surface area contributed by atoms with E-state index in [2.05, 4.69) is 26.3 Å². The van der Waals surface area contributed by atoms with Gasteiger partial charge in [-0.1, -0.05) is 19.1 Å². The van der Waals surface area contributed by atoms with Crippen LogP contribution in [-0.4, -0.2) is 48.2 Å². The van der Waals surface area contributed by atoms with Gasteiger partial charge >= 0.3 is 0 Å². The van der Waals surface area contributed by atoms with Crippen molar-refractivity contribution in [2.75, 3.05) is 23.7 Å². The summed E-state index contributed by atoms with van der Waals surface area (Å²) in [5.41, 5.74) is 0.788. The monoisotopic (exact) mass is 459 g/mol. The molecule has 10 heteroatoms. The largest absolute Gasteiger partial charge is 0.505 e. The van der Waals surface area contributed by atoms with Crippen molar-refractivity contribution in [3.63, 3.8) is 0 Å². The Labute approximate surface area is 191 Å². The molecule has 1 fully saturated rings. The molecule has 3 unspecified atom stereocenters. The lowest BCUT2D eigenvalue weighted by molar-refractivity contribution is -0.0465. The Kier molecular flexibility index (Phi) is 6.95. The third-order valence-corrected chi connectivity index (χ3v) is 6.21. The first kappa shape index (κ1) is 22.5. The number of aromatic nitrogens is 2. The number of likely N-dealkylation sites (tertiary alicyclic amines) is 1. The quantitative estimate of drug-likeness (QED) is 0.319. The Hall–Kier alpha value is -2.66. The Morgan fingerprint density at radius 3 is 2.78 bits per heavy atom. The number of hydrogen-bond donors (Lipinski definition) is 5. The molecule has 1 saturated heterocycles. The van der Waals surface area contributed by atoms with Gasteiger partial charge in [0.15, 0.2) is 11.6 Å². The van der Waals surface area contributed by atoms with Crippen molar-refractivity contribution < 1.29 is 19.7 Å². The van der Waals surface area contributed by atoms with Crippen LogP contribution in [0.4, 0.5) is 17.3 Å². The zero-order valence-corrected chi connectivity index (χ0v) is 19.0. The van der Waals surface area contributed by atoms with Crippen molar-refractivity contribution in [2.45, 2.75) is 51.5 Å². The van der Waals surface area contributed by atoms with Crippen LogP contribution in [0.2, 0.25) is 0 Å². The molecule has 5 N–H and O–H groups in total. The number of piperidine rings is 1. The number of aliphatic hydroxyl groups excluding tert-OH is 2. The van der Waals surface area contributed by atoms with Gasteiger partial charge in [-0.25, -0.2) is 0 Å². The Bertz CT molecular complexity index is 1040. The van der Waals surface area contributed by atoms with E-state index in [1.165, 1.54) is 0 Å². The molecular weight excluding hydrogens is 430 g/mol. The maximum atomic E-state index is 10.9. The number of aromatic hydroxyl groups is 1. The van der Waals surface area contributed by atoms with E-state index in [1.807, 2.05) is 19.1 Å². The summed E-state index contributed by atoms with van der Waals surface area (Å²) in [5, 5.41) is 38.1. The van der Waals surface area contributed by atoms with E-state index in [9.17, 15) is 15.3 Å². The molecule has 9 nitrogen and oxygen atoms in total. The first-order valence-corrected chi connectivity index (χ1v) is 11.5. The van der Waals surface area contributed by atoms with Gasteiger partial charge < -0.3 is 30.4 Å². The fraction of sp³-hybridized carbons (Fsp3) is 0.455. The van der Waals surface area contributed by atoms with Crippen molar-refractivity contribution in [3.05, 3.63) is 47.4 Å². The molecule has 1 aromatic carbocycles. The molecule has 0 radical (unpaired) electrons. The van der Waals surface area contributed by atoms with Gasteiger partial charge in [-0.15, -0.1) is 0 Å². The summed E-state index contributed by atoms with van der Waals surface area (Å²) in [7, 11) is 0. The second-order valence-corrected chi connectivity index (χ2v) is 8.58. The van der Waals surface area contributed by atoms with Gasteiger partial charge in [-0.3, -0.25) is 4.90 Å². The summed E-state index contributed by atoms with van der Waals surface area (Å²) >= 11 is 1.05. The first-order valence-electron chi connectivity index (χ1n) is 10.8. The third-order valence-electron chi connectivity index (χ3n) is 5.68. The fourth-order valence-electron chi connectivity index (χ4n) is 3.95. The average Bonchev–Trinajstić information content (AvgIpc) is 3.41. The number of β-amino-alcohol motifs (C(OH)–C–C–N with tert-alkyl or cyclic N) is 1. The van der Waals surface area contributed by atoms with Crippen LogP contribution in [0, 0.1) is 6.92 Å². The molecule has 3 atom stereocenters. The standard InChI is InChI=1S/C22H29N5O4S/c1-3-16(18-10-9-13(2)31-18)23-20-21(26-32-25-20)24-17-8-4-7-15(19(17)29)22(30)27-11-5-6-14(28)12-27/h4,7-10,14,16,22,28-30H,3,5-6,11-12H2,1-2H3,(H,23,25)(H,24,26). The number of nitrogens with one attached hydrogen (secondary N) is 2. The van der Waals surface area contributed by atoms with E-state index < -0.39 is 12.3 Å². The van der Waals surface area contributed by atoms with Gasteiger partial charge in [0.2, 0.25) is 0 Å². The highest BCUT2D eigenvalue weighted by Gasteiger charge is 2.27. The minimum Gasteiger partial charge on any atom is -0.505 e. The minimum atomic E-state index is -1.01. The van der Waals surface area contributed by atoms with Gasteiger partial charge in [0, 0.05) is 18.7 Å². The van der Waals surface area contributed by atoms with E-state index in [0.29, 0.717) is 36.0 Å². The number of anilines is 3. The number of nitrogens with zero attached hydrogens (tertiary/aromatic N) is 3. The number of phenols is 1. The highest BCUT2D eigenvalue weighted by atomic mass is 32.1. The van der Waals surface area contributed by atoms with Crippen molar-refractivity contribution in [1.29, 1.82) is 0 Å². The highest BCUT2D eigenvalue weighted by molar-refractivity contribution is 6.99. The molecule has 0 spiro atoms. The summed E-state index contributed by atoms with van der Waals surface area (Å²) in [4.78, 5) is 1.77. The third kappa shape index (κ3) is 4.88. The molecule has 1 aliphatic heterocycles. The summed E-state index contributed by atoms with van der Waals surface area (Å²) in [6, 6.07) is 8.95. The molecule has 2 aromatic heterocycles. The number of benzene rings is 1. The fourth-order valence-corrected chi connectivity index (χ4v) is 4.42.